The molecular weight excluding hydrogens is 493 g/mol. The zero-order valence-corrected chi connectivity index (χ0v) is 20.8. The first kappa shape index (κ1) is 25.2. The highest BCUT2D eigenvalue weighted by molar-refractivity contribution is 14.0. The van der Waals surface area contributed by atoms with Gasteiger partial charge in [-0.1, -0.05) is 32.1 Å². The molecule has 30 heavy (non-hydrogen) atoms. The Morgan fingerprint density at radius 3 is 2.33 bits per heavy atom. The summed E-state index contributed by atoms with van der Waals surface area (Å²) in [6.45, 7) is 4.87. The first-order valence-electron chi connectivity index (χ1n) is 11.8. The second kappa shape index (κ2) is 13.4. The molecule has 1 unspecified atom stereocenters. The van der Waals surface area contributed by atoms with Gasteiger partial charge in [0.2, 0.25) is 11.8 Å². The first-order chi connectivity index (χ1) is 14.2. The second-order valence-corrected chi connectivity index (χ2v) is 8.81. The van der Waals surface area contributed by atoms with E-state index in [-0.39, 0.29) is 41.8 Å². The molecule has 0 aromatic heterocycles. The summed E-state index contributed by atoms with van der Waals surface area (Å²) < 4.78 is 0. The van der Waals surface area contributed by atoms with E-state index in [1.165, 1.54) is 32.1 Å². The maximum atomic E-state index is 12.6. The average molecular weight is 533 g/mol. The van der Waals surface area contributed by atoms with Crippen LogP contribution in [0.5, 0.6) is 0 Å². The number of hydrogen-bond donors (Lipinski definition) is 3. The van der Waals surface area contributed by atoms with Crippen LogP contribution in [0.25, 0.3) is 0 Å². The number of nitrogens with zero attached hydrogens (tertiary/aromatic N) is 2. The van der Waals surface area contributed by atoms with Gasteiger partial charge < -0.3 is 20.9 Å². The molecule has 2 saturated carbocycles. The van der Waals surface area contributed by atoms with Crippen molar-refractivity contribution >= 4 is 41.8 Å². The Bertz CT molecular complexity index is 574. The number of hydrogen-bond acceptors (Lipinski definition) is 3. The number of carbonyl (C=O) groups excluding carboxylic acids is 2. The van der Waals surface area contributed by atoms with Gasteiger partial charge in [-0.25, -0.2) is 0 Å². The smallest absolute Gasteiger partial charge is 0.225 e. The molecule has 0 radical (unpaired) electrons. The Labute approximate surface area is 198 Å². The fourth-order valence-corrected chi connectivity index (χ4v) is 4.84. The summed E-state index contributed by atoms with van der Waals surface area (Å²) in [6, 6.07) is 0.586. The molecule has 0 aromatic carbocycles. The second-order valence-electron chi connectivity index (χ2n) is 8.81. The molecule has 0 aromatic rings. The molecule has 0 spiro atoms. The Morgan fingerprint density at radius 2 is 1.63 bits per heavy atom. The van der Waals surface area contributed by atoms with Crippen LogP contribution in [-0.2, 0) is 9.59 Å². The third-order valence-corrected chi connectivity index (χ3v) is 6.47. The van der Waals surface area contributed by atoms with Gasteiger partial charge in [-0.2, -0.15) is 0 Å². The number of likely N-dealkylation sites (tertiary alicyclic amines) is 1. The van der Waals surface area contributed by atoms with Crippen molar-refractivity contribution in [2.45, 2.75) is 89.6 Å². The molecule has 3 N–H and O–H groups in total. The molecule has 3 aliphatic rings. The Balaban J connectivity index is 0.00000320. The molecule has 0 bridgehead atoms. The van der Waals surface area contributed by atoms with Crippen LogP contribution in [0.1, 0.15) is 77.6 Å². The quantitative estimate of drug-likeness (QED) is 0.267. The fraction of sp³-hybridized carbons (Fsp3) is 0.864. The monoisotopic (exact) mass is 533 g/mol. The van der Waals surface area contributed by atoms with Crippen LogP contribution in [0.2, 0.25) is 0 Å². The summed E-state index contributed by atoms with van der Waals surface area (Å²) in [4.78, 5) is 31.4. The molecule has 8 heteroatoms. The third-order valence-electron chi connectivity index (χ3n) is 6.47. The highest BCUT2D eigenvalue weighted by Crippen LogP contribution is 2.27. The number of rotatable bonds is 7. The number of aliphatic imine (C=N–C) groups is 1. The van der Waals surface area contributed by atoms with Crippen molar-refractivity contribution in [2.75, 3.05) is 26.2 Å². The molecule has 3 rings (SSSR count). The van der Waals surface area contributed by atoms with E-state index in [1.807, 2.05) is 11.8 Å². The summed E-state index contributed by atoms with van der Waals surface area (Å²) >= 11 is 0. The maximum absolute atomic E-state index is 12.6. The summed E-state index contributed by atoms with van der Waals surface area (Å²) in [5.41, 5.74) is 0. The molecule has 2 aliphatic carbocycles. The van der Waals surface area contributed by atoms with Gasteiger partial charge in [-0.3, -0.25) is 14.6 Å². The van der Waals surface area contributed by atoms with Crippen molar-refractivity contribution in [2.24, 2.45) is 10.9 Å². The fourth-order valence-electron chi connectivity index (χ4n) is 4.84. The molecular formula is C22H40IN5O2. The molecule has 1 saturated heterocycles. The summed E-state index contributed by atoms with van der Waals surface area (Å²) in [5, 5.41) is 9.88. The molecule has 3 fully saturated rings. The van der Waals surface area contributed by atoms with Crippen molar-refractivity contribution in [3.05, 3.63) is 0 Å². The van der Waals surface area contributed by atoms with Gasteiger partial charge in [0.15, 0.2) is 5.96 Å². The van der Waals surface area contributed by atoms with Crippen molar-refractivity contribution in [1.82, 2.24) is 20.9 Å². The lowest BCUT2D eigenvalue weighted by Crippen LogP contribution is -2.45. The molecule has 1 heterocycles. The van der Waals surface area contributed by atoms with Crippen molar-refractivity contribution in [3.63, 3.8) is 0 Å². The maximum Gasteiger partial charge on any atom is 0.225 e. The van der Waals surface area contributed by atoms with Crippen molar-refractivity contribution in [3.8, 4) is 0 Å². The highest BCUT2D eigenvalue weighted by atomic mass is 127. The van der Waals surface area contributed by atoms with Crippen LogP contribution in [0, 0.1) is 5.92 Å². The topological polar surface area (TPSA) is 85.8 Å². The van der Waals surface area contributed by atoms with Crippen molar-refractivity contribution in [1.29, 1.82) is 0 Å². The zero-order chi connectivity index (χ0) is 20.5. The van der Waals surface area contributed by atoms with E-state index in [0.717, 1.165) is 57.7 Å². The van der Waals surface area contributed by atoms with Gasteiger partial charge >= 0.3 is 0 Å². The Hall–Kier alpha value is -1.06. The molecule has 7 nitrogen and oxygen atoms in total. The van der Waals surface area contributed by atoms with E-state index in [1.54, 1.807) is 0 Å². The minimum Gasteiger partial charge on any atom is -0.357 e. The Kier molecular flexibility index (Phi) is 11.2. The number of guanidine groups is 1. The van der Waals surface area contributed by atoms with Gasteiger partial charge in [-0.15, -0.1) is 24.0 Å². The number of carbonyl (C=O) groups is 2. The van der Waals surface area contributed by atoms with Gasteiger partial charge in [0.1, 0.15) is 0 Å². The van der Waals surface area contributed by atoms with E-state index >= 15 is 0 Å². The van der Waals surface area contributed by atoms with Crippen molar-refractivity contribution < 1.29 is 9.59 Å². The highest BCUT2D eigenvalue weighted by Gasteiger charge is 2.32. The summed E-state index contributed by atoms with van der Waals surface area (Å²) in [6.07, 6.45) is 11.8. The van der Waals surface area contributed by atoms with Crippen LogP contribution >= 0.6 is 24.0 Å². The van der Waals surface area contributed by atoms with E-state index in [4.69, 9.17) is 0 Å². The summed E-state index contributed by atoms with van der Waals surface area (Å²) in [5.74, 6) is 1.44. The SMILES string of the molecule is CCNC(=NCCC(=O)NC1CCCCC1)NC1CCN(C(=O)C2CCCC2)C1.I. The van der Waals surface area contributed by atoms with Gasteiger partial charge in [0.25, 0.3) is 0 Å². The minimum atomic E-state index is 0. The molecule has 172 valence electrons. The molecule has 2 amide bonds. The van der Waals surface area contributed by atoms with Crippen LogP contribution in [0.4, 0.5) is 0 Å². The average Bonchev–Trinajstić information content (AvgIpc) is 3.41. The van der Waals surface area contributed by atoms with E-state index in [2.05, 4.69) is 20.9 Å². The van der Waals surface area contributed by atoms with Crippen LogP contribution < -0.4 is 16.0 Å². The van der Waals surface area contributed by atoms with Gasteiger partial charge in [-0.05, 0) is 39.0 Å². The zero-order valence-electron chi connectivity index (χ0n) is 18.5. The lowest BCUT2D eigenvalue weighted by molar-refractivity contribution is -0.134. The lowest BCUT2D eigenvalue weighted by Gasteiger charge is -2.22. The molecule has 1 atom stereocenters. The van der Waals surface area contributed by atoms with Gasteiger partial charge in [0, 0.05) is 44.1 Å². The van der Waals surface area contributed by atoms with E-state index in [0.29, 0.717) is 24.9 Å². The summed E-state index contributed by atoms with van der Waals surface area (Å²) in [7, 11) is 0. The van der Waals surface area contributed by atoms with Crippen LogP contribution in [0.15, 0.2) is 4.99 Å². The molecule has 1 aliphatic heterocycles. The van der Waals surface area contributed by atoms with E-state index < -0.39 is 0 Å². The predicted octanol–water partition coefficient (Wildman–Crippen LogP) is 2.79. The number of halogens is 1. The van der Waals surface area contributed by atoms with Crippen LogP contribution in [0.3, 0.4) is 0 Å². The normalized spacial score (nSPS) is 23.2. The Morgan fingerprint density at radius 1 is 0.933 bits per heavy atom. The number of nitrogens with one attached hydrogen (secondary N) is 3. The predicted molar refractivity (Wildman–Crippen MR) is 131 cm³/mol. The van der Waals surface area contributed by atoms with Crippen LogP contribution in [-0.4, -0.2) is 60.9 Å². The minimum absolute atomic E-state index is 0. The van der Waals surface area contributed by atoms with E-state index in [9.17, 15) is 9.59 Å². The lowest BCUT2D eigenvalue weighted by atomic mass is 9.95. The standard InChI is InChI=1S/C22H39N5O2.HI/c1-2-23-22(24-14-12-20(28)25-18-10-4-3-5-11-18)26-19-13-15-27(16-19)21(29)17-8-6-7-9-17;/h17-19H,2-16H2,1H3,(H,25,28)(H2,23,24,26);1H. The van der Waals surface area contributed by atoms with Gasteiger partial charge in [0.05, 0.1) is 6.54 Å². The first-order valence-corrected chi connectivity index (χ1v) is 11.8. The largest absolute Gasteiger partial charge is 0.357 e. The number of amides is 2. The third kappa shape index (κ3) is 7.89.